The molecular formula is C15H34N2O. The lowest BCUT2D eigenvalue weighted by Gasteiger charge is -2.31. The molecule has 3 heteroatoms. The molecule has 0 aromatic heterocycles. The normalized spacial score (nSPS) is 15.3. The van der Waals surface area contributed by atoms with E-state index in [1.807, 2.05) is 0 Å². The van der Waals surface area contributed by atoms with E-state index in [4.69, 9.17) is 0 Å². The van der Waals surface area contributed by atoms with Crippen molar-refractivity contribution in [3.63, 3.8) is 0 Å². The third-order valence-corrected chi connectivity index (χ3v) is 3.43. The standard InChI is InChI=1S/C15H34N2O/c1-6-11-17(7-2)12-9-8-10-15(5,13-18)16-14(3)4/h14,16,18H,6-13H2,1-5H3. The number of nitrogens with zero attached hydrogens (tertiary/aromatic N) is 1. The molecule has 18 heavy (non-hydrogen) atoms. The first-order chi connectivity index (χ1) is 8.47. The van der Waals surface area contributed by atoms with Crippen molar-refractivity contribution in [3.05, 3.63) is 0 Å². The van der Waals surface area contributed by atoms with Crippen LogP contribution in [0.4, 0.5) is 0 Å². The van der Waals surface area contributed by atoms with Crippen molar-refractivity contribution in [2.45, 2.75) is 71.9 Å². The molecule has 0 aromatic rings. The Balaban J connectivity index is 3.86. The van der Waals surface area contributed by atoms with E-state index in [2.05, 4.69) is 44.8 Å². The Kier molecular flexibility index (Phi) is 9.70. The highest BCUT2D eigenvalue weighted by molar-refractivity contribution is 4.83. The minimum Gasteiger partial charge on any atom is -0.394 e. The number of rotatable bonds is 11. The molecule has 0 amide bonds. The van der Waals surface area contributed by atoms with Crippen molar-refractivity contribution in [1.29, 1.82) is 0 Å². The smallest absolute Gasteiger partial charge is 0.0610 e. The van der Waals surface area contributed by atoms with Gasteiger partial charge in [0.05, 0.1) is 6.61 Å². The minimum absolute atomic E-state index is 0.115. The highest BCUT2D eigenvalue weighted by Crippen LogP contribution is 2.14. The van der Waals surface area contributed by atoms with Crippen LogP contribution in [0.5, 0.6) is 0 Å². The molecule has 0 radical (unpaired) electrons. The molecule has 0 aliphatic carbocycles. The van der Waals surface area contributed by atoms with Crippen molar-refractivity contribution < 1.29 is 5.11 Å². The van der Waals surface area contributed by atoms with Crippen LogP contribution >= 0.6 is 0 Å². The van der Waals surface area contributed by atoms with Crippen LogP contribution in [0.15, 0.2) is 0 Å². The first-order valence-corrected chi connectivity index (χ1v) is 7.58. The predicted molar refractivity (Wildman–Crippen MR) is 80.0 cm³/mol. The molecule has 110 valence electrons. The molecular weight excluding hydrogens is 224 g/mol. The van der Waals surface area contributed by atoms with Gasteiger partial charge in [0.25, 0.3) is 0 Å². The van der Waals surface area contributed by atoms with Gasteiger partial charge < -0.3 is 15.3 Å². The molecule has 0 heterocycles. The summed E-state index contributed by atoms with van der Waals surface area (Å²) in [7, 11) is 0. The quantitative estimate of drug-likeness (QED) is 0.559. The van der Waals surface area contributed by atoms with Crippen LogP contribution in [0.2, 0.25) is 0 Å². The molecule has 2 N–H and O–H groups in total. The maximum absolute atomic E-state index is 9.50. The van der Waals surface area contributed by atoms with Crippen LogP contribution in [0.1, 0.15) is 60.3 Å². The largest absolute Gasteiger partial charge is 0.394 e. The topological polar surface area (TPSA) is 35.5 Å². The molecule has 0 aromatic carbocycles. The van der Waals surface area contributed by atoms with Gasteiger partial charge in [-0.15, -0.1) is 0 Å². The van der Waals surface area contributed by atoms with Gasteiger partial charge in [0.2, 0.25) is 0 Å². The third-order valence-electron chi connectivity index (χ3n) is 3.43. The predicted octanol–water partition coefficient (Wildman–Crippen LogP) is 2.64. The number of aliphatic hydroxyl groups is 1. The average molecular weight is 258 g/mol. The fraction of sp³-hybridized carbons (Fsp3) is 1.00. The molecule has 0 bridgehead atoms. The Hall–Kier alpha value is -0.120. The van der Waals surface area contributed by atoms with Crippen LogP contribution < -0.4 is 5.32 Å². The van der Waals surface area contributed by atoms with Crippen molar-refractivity contribution >= 4 is 0 Å². The average Bonchev–Trinajstić information content (AvgIpc) is 2.32. The van der Waals surface area contributed by atoms with Crippen LogP contribution in [0.3, 0.4) is 0 Å². The zero-order chi connectivity index (χ0) is 14.0. The van der Waals surface area contributed by atoms with Crippen molar-refractivity contribution in [2.24, 2.45) is 0 Å². The lowest BCUT2D eigenvalue weighted by molar-refractivity contribution is 0.152. The number of hydrogen-bond acceptors (Lipinski definition) is 3. The van der Waals surface area contributed by atoms with Crippen LogP contribution in [-0.4, -0.2) is 47.8 Å². The van der Waals surface area contributed by atoms with E-state index in [0.29, 0.717) is 6.04 Å². The summed E-state index contributed by atoms with van der Waals surface area (Å²) < 4.78 is 0. The van der Waals surface area contributed by atoms with Gasteiger partial charge in [-0.1, -0.05) is 34.1 Å². The molecule has 0 rings (SSSR count). The van der Waals surface area contributed by atoms with Crippen LogP contribution in [0, 0.1) is 0 Å². The Labute approximate surface area is 114 Å². The monoisotopic (exact) mass is 258 g/mol. The van der Waals surface area contributed by atoms with Gasteiger partial charge in [-0.05, 0) is 45.8 Å². The van der Waals surface area contributed by atoms with E-state index in [1.165, 1.54) is 32.4 Å². The zero-order valence-corrected chi connectivity index (χ0v) is 13.1. The molecule has 0 saturated carbocycles. The van der Waals surface area contributed by atoms with Crippen molar-refractivity contribution in [1.82, 2.24) is 10.2 Å². The van der Waals surface area contributed by atoms with E-state index in [0.717, 1.165) is 13.0 Å². The van der Waals surface area contributed by atoms with Gasteiger partial charge in [0.15, 0.2) is 0 Å². The van der Waals surface area contributed by atoms with E-state index >= 15 is 0 Å². The second-order valence-electron chi connectivity index (χ2n) is 5.91. The van der Waals surface area contributed by atoms with E-state index in [1.54, 1.807) is 0 Å². The SMILES string of the molecule is CCCN(CC)CCCCC(C)(CO)NC(C)C. The summed E-state index contributed by atoms with van der Waals surface area (Å²) in [6.45, 7) is 14.6. The summed E-state index contributed by atoms with van der Waals surface area (Å²) in [6.07, 6.45) is 4.68. The number of unbranched alkanes of at least 4 members (excludes halogenated alkanes) is 1. The molecule has 1 unspecified atom stereocenters. The summed E-state index contributed by atoms with van der Waals surface area (Å²) >= 11 is 0. The number of aliphatic hydroxyl groups excluding tert-OH is 1. The molecule has 3 nitrogen and oxygen atoms in total. The Morgan fingerprint density at radius 1 is 1.17 bits per heavy atom. The molecule has 1 atom stereocenters. The Bertz CT molecular complexity index is 197. The molecule has 0 aliphatic heterocycles. The summed E-state index contributed by atoms with van der Waals surface area (Å²) in [6, 6.07) is 0.425. The lowest BCUT2D eigenvalue weighted by atomic mass is 9.94. The second kappa shape index (κ2) is 9.76. The van der Waals surface area contributed by atoms with E-state index < -0.39 is 0 Å². The third kappa shape index (κ3) is 8.06. The zero-order valence-electron chi connectivity index (χ0n) is 13.1. The first-order valence-electron chi connectivity index (χ1n) is 7.58. The van der Waals surface area contributed by atoms with Gasteiger partial charge in [0, 0.05) is 11.6 Å². The Morgan fingerprint density at radius 3 is 2.28 bits per heavy atom. The number of nitrogens with one attached hydrogen (secondary N) is 1. The van der Waals surface area contributed by atoms with E-state index in [9.17, 15) is 5.11 Å². The molecule has 0 fully saturated rings. The van der Waals surface area contributed by atoms with Gasteiger partial charge in [-0.2, -0.15) is 0 Å². The van der Waals surface area contributed by atoms with Crippen LogP contribution in [0.25, 0.3) is 0 Å². The summed E-state index contributed by atoms with van der Waals surface area (Å²) in [5.41, 5.74) is -0.115. The first kappa shape index (κ1) is 17.9. The lowest BCUT2D eigenvalue weighted by Crippen LogP contribution is -2.49. The van der Waals surface area contributed by atoms with Gasteiger partial charge in [-0.25, -0.2) is 0 Å². The van der Waals surface area contributed by atoms with Gasteiger partial charge in [-0.3, -0.25) is 0 Å². The molecule has 0 spiro atoms. The summed E-state index contributed by atoms with van der Waals surface area (Å²) in [5, 5.41) is 13.0. The number of hydrogen-bond donors (Lipinski definition) is 2. The fourth-order valence-electron chi connectivity index (χ4n) is 2.49. The maximum Gasteiger partial charge on any atom is 0.0610 e. The fourth-order valence-corrected chi connectivity index (χ4v) is 2.49. The summed E-state index contributed by atoms with van der Waals surface area (Å²) in [5.74, 6) is 0. The molecule has 0 aliphatic rings. The highest BCUT2D eigenvalue weighted by atomic mass is 16.3. The second-order valence-corrected chi connectivity index (χ2v) is 5.91. The summed E-state index contributed by atoms with van der Waals surface area (Å²) in [4.78, 5) is 2.51. The van der Waals surface area contributed by atoms with Crippen molar-refractivity contribution in [3.8, 4) is 0 Å². The van der Waals surface area contributed by atoms with Crippen molar-refractivity contribution in [2.75, 3.05) is 26.2 Å². The highest BCUT2D eigenvalue weighted by Gasteiger charge is 2.22. The Morgan fingerprint density at radius 2 is 1.83 bits per heavy atom. The molecule has 0 saturated heterocycles. The van der Waals surface area contributed by atoms with Crippen LogP contribution in [-0.2, 0) is 0 Å². The maximum atomic E-state index is 9.50. The van der Waals surface area contributed by atoms with Gasteiger partial charge in [0.1, 0.15) is 0 Å². The van der Waals surface area contributed by atoms with E-state index in [-0.39, 0.29) is 12.1 Å². The van der Waals surface area contributed by atoms with Gasteiger partial charge >= 0.3 is 0 Å². The minimum atomic E-state index is -0.115.